The lowest BCUT2D eigenvalue weighted by Crippen LogP contribution is -2.29. The Bertz CT molecular complexity index is 390. The first-order valence-corrected chi connectivity index (χ1v) is 7.35. The van der Waals surface area contributed by atoms with Crippen LogP contribution in [0.3, 0.4) is 0 Å². The standard InChI is InChI=1S/C15H22BrNO2/c1-11(2)14(10-15(18)17-8-9-19-3)12-4-6-13(16)7-5-12/h4-7,11,14H,8-10H2,1-3H3,(H,17,18). The smallest absolute Gasteiger partial charge is 0.220 e. The molecule has 0 bridgehead atoms. The number of rotatable bonds is 7. The van der Waals surface area contributed by atoms with Crippen molar-refractivity contribution in [3.63, 3.8) is 0 Å². The number of methoxy groups -OCH3 is 1. The molecule has 0 aromatic heterocycles. The zero-order valence-electron chi connectivity index (χ0n) is 11.8. The maximum Gasteiger partial charge on any atom is 0.220 e. The fourth-order valence-electron chi connectivity index (χ4n) is 2.01. The summed E-state index contributed by atoms with van der Waals surface area (Å²) >= 11 is 3.43. The van der Waals surface area contributed by atoms with Crippen molar-refractivity contribution in [2.45, 2.75) is 26.2 Å². The number of ether oxygens (including phenoxy) is 1. The van der Waals surface area contributed by atoms with Crippen molar-refractivity contribution >= 4 is 21.8 Å². The highest BCUT2D eigenvalue weighted by atomic mass is 79.9. The second-order valence-corrected chi connectivity index (χ2v) is 5.86. The molecule has 4 heteroatoms. The minimum Gasteiger partial charge on any atom is -0.383 e. The van der Waals surface area contributed by atoms with Crippen molar-refractivity contribution < 1.29 is 9.53 Å². The molecule has 0 spiro atoms. The molecule has 0 saturated carbocycles. The molecule has 1 unspecified atom stereocenters. The van der Waals surface area contributed by atoms with Gasteiger partial charge in [0.25, 0.3) is 0 Å². The summed E-state index contributed by atoms with van der Waals surface area (Å²) in [4.78, 5) is 11.9. The minimum atomic E-state index is 0.0821. The van der Waals surface area contributed by atoms with Gasteiger partial charge in [-0.3, -0.25) is 4.79 Å². The number of benzene rings is 1. The molecule has 1 atom stereocenters. The Morgan fingerprint density at radius 1 is 1.32 bits per heavy atom. The van der Waals surface area contributed by atoms with Crippen LogP contribution in [0.15, 0.2) is 28.7 Å². The molecular weight excluding hydrogens is 306 g/mol. The molecule has 1 rings (SSSR count). The van der Waals surface area contributed by atoms with Crippen LogP contribution in [-0.4, -0.2) is 26.2 Å². The van der Waals surface area contributed by atoms with Crippen LogP contribution in [0.25, 0.3) is 0 Å². The van der Waals surface area contributed by atoms with Gasteiger partial charge in [0, 0.05) is 24.5 Å². The van der Waals surface area contributed by atoms with Gasteiger partial charge in [-0.15, -0.1) is 0 Å². The van der Waals surface area contributed by atoms with Crippen molar-refractivity contribution in [2.24, 2.45) is 5.92 Å². The first kappa shape index (κ1) is 16.2. The normalized spacial score (nSPS) is 12.5. The molecule has 19 heavy (non-hydrogen) atoms. The van der Waals surface area contributed by atoms with E-state index in [4.69, 9.17) is 4.74 Å². The third kappa shape index (κ3) is 5.74. The van der Waals surface area contributed by atoms with Gasteiger partial charge >= 0.3 is 0 Å². The highest BCUT2D eigenvalue weighted by molar-refractivity contribution is 9.10. The zero-order valence-corrected chi connectivity index (χ0v) is 13.4. The Kier molecular flexibility index (Phi) is 7.10. The van der Waals surface area contributed by atoms with Crippen molar-refractivity contribution in [2.75, 3.05) is 20.3 Å². The maximum atomic E-state index is 11.9. The van der Waals surface area contributed by atoms with Crippen LogP contribution in [0.5, 0.6) is 0 Å². The lowest BCUT2D eigenvalue weighted by atomic mass is 9.85. The van der Waals surface area contributed by atoms with Crippen LogP contribution < -0.4 is 5.32 Å². The summed E-state index contributed by atoms with van der Waals surface area (Å²) < 4.78 is 5.98. The summed E-state index contributed by atoms with van der Waals surface area (Å²) in [6, 6.07) is 8.20. The topological polar surface area (TPSA) is 38.3 Å². The summed E-state index contributed by atoms with van der Waals surface area (Å²) in [5, 5.41) is 2.88. The third-order valence-electron chi connectivity index (χ3n) is 3.14. The number of amides is 1. The molecule has 0 heterocycles. The van der Waals surface area contributed by atoms with E-state index in [2.05, 4.69) is 47.2 Å². The number of carbonyl (C=O) groups is 1. The number of halogens is 1. The molecule has 0 saturated heterocycles. The van der Waals surface area contributed by atoms with Gasteiger partial charge in [0.05, 0.1) is 6.61 Å². The largest absolute Gasteiger partial charge is 0.383 e. The molecule has 0 aliphatic rings. The predicted molar refractivity (Wildman–Crippen MR) is 81.2 cm³/mol. The maximum absolute atomic E-state index is 11.9. The molecule has 106 valence electrons. The van der Waals surface area contributed by atoms with Crippen LogP contribution in [0.4, 0.5) is 0 Å². The molecule has 1 aromatic carbocycles. The van der Waals surface area contributed by atoms with Crippen molar-refractivity contribution in [3.8, 4) is 0 Å². The molecule has 0 radical (unpaired) electrons. The Morgan fingerprint density at radius 2 is 1.95 bits per heavy atom. The van der Waals surface area contributed by atoms with Crippen LogP contribution in [0.1, 0.15) is 31.7 Å². The number of hydrogen-bond acceptors (Lipinski definition) is 2. The zero-order chi connectivity index (χ0) is 14.3. The van der Waals surface area contributed by atoms with E-state index < -0.39 is 0 Å². The molecule has 3 nitrogen and oxygen atoms in total. The summed E-state index contributed by atoms with van der Waals surface area (Å²) in [6.45, 7) is 5.42. The number of hydrogen-bond donors (Lipinski definition) is 1. The highest BCUT2D eigenvalue weighted by Crippen LogP contribution is 2.28. The molecule has 0 fully saturated rings. The van der Waals surface area contributed by atoms with Crippen LogP contribution >= 0.6 is 15.9 Å². The lowest BCUT2D eigenvalue weighted by Gasteiger charge is -2.21. The van der Waals surface area contributed by atoms with Crippen molar-refractivity contribution in [1.82, 2.24) is 5.32 Å². The van der Waals surface area contributed by atoms with Gasteiger partial charge in [-0.2, -0.15) is 0 Å². The second kappa shape index (κ2) is 8.33. The van der Waals surface area contributed by atoms with E-state index in [1.54, 1.807) is 7.11 Å². The van der Waals surface area contributed by atoms with Crippen molar-refractivity contribution in [3.05, 3.63) is 34.3 Å². The quantitative estimate of drug-likeness (QED) is 0.780. The van der Waals surface area contributed by atoms with E-state index in [-0.39, 0.29) is 11.8 Å². The molecule has 1 aromatic rings. The average molecular weight is 328 g/mol. The summed E-state index contributed by atoms with van der Waals surface area (Å²) in [7, 11) is 1.63. The summed E-state index contributed by atoms with van der Waals surface area (Å²) in [5.41, 5.74) is 1.21. The van der Waals surface area contributed by atoms with E-state index in [1.165, 1.54) is 5.56 Å². The molecule has 0 aliphatic heterocycles. The fraction of sp³-hybridized carbons (Fsp3) is 0.533. The number of carbonyl (C=O) groups excluding carboxylic acids is 1. The van der Waals surface area contributed by atoms with E-state index >= 15 is 0 Å². The van der Waals surface area contributed by atoms with Gasteiger partial charge in [0.1, 0.15) is 0 Å². The average Bonchev–Trinajstić information content (AvgIpc) is 2.37. The Balaban J connectivity index is 2.63. The first-order valence-electron chi connectivity index (χ1n) is 6.55. The van der Waals surface area contributed by atoms with Gasteiger partial charge in [-0.05, 0) is 29.5 Å². The number of nitrogens with one attached hydrogen (secondary N) is 1. The van der Waals surface area contributed by atoms with Gasteiger partial charge in [-0.1, -0.05) is 41.9 Å². The second-order valence-electron chi connectivity index (χ2n) is 4.95. The van der Waals surface area contributed by atoms with Crippen LogP contribution in [-0.2, 0) is 9.53 Å². The van der Waals surface area contributed by atoms with E-state index in [0.29, 0.717) is 25.5 Å². The van der Waals surface area contributed by atoms with Crippen molar-refractivity contribution in [1.29, 1.82) is 0 Å². The van der Waals surface area contributed by atoms with Gasteiger partial charge < -0.3 is 10.1 Å². The molecule has 1 amide bonds. The minimum absolute atomic E-state index is 0.0821. The highest BCUT2D eigenvalue weighted by Gasteiger charge is 2.19. The van der Waals surface area contributed by atoms with Gasteiger partial charge in [-0.25, -0.2) is 0 Å². The first-order chi connectivity index (χ1) is 9.04. The Hall–Kier alpha value is -0.870. The molecule has 0 aliphatic carbocycles. The SMILES string of the molecule is COCCNC(=O)CC(c1ccc(Br)cc1)C(C)C. The third-order valence-corrected chi connectivity index (χ3v) is 3.67. The van der Waals surface area contributed by atoms with E-state index in [1.807, 2.05) is 12.1 Å². The monoisotopic (exact) mass is 327 g/mol. The van der Waals surface area contributed by atoms with Crippen LogP contribution in [0.2, 0.25) is 0 Å². The lowest BCUT2D eigenvalue weighted by molar-refractivity contribution is -0.121. The van der Waals surface area contributed by atoms with E-state index in [9.17, 15) is 4.79 Å². The summed E-state index contributed by atoms with van der Waals surface area (Å²) in [6.07, 6.45) is 0.517. The Labute approximate surface area is 123 Å². The van der Waals surface area contributed by atoms with Crippen LogP contribution in [0, 0.1) is 5.92 Å². The predicted octanol–water partition coefficient (Wildman–Crippen LogP) is 3.34. The fourth-order valence-corrected chi connectivity index (χ4v) is 2.28. The molecular formula is C15H22BrNO2. The van der Waals surface area contributed by atoms with Gasteiger partial charge in [0.2, 0.25) is 5.91 Å². The Morgan fingerprint density at radius 3 is 2.47 bits per heavy atom. The van der Waals surface area contributed by atoms with E-state index in [0.717, 1.165) is 4.47 Å². The van der Waals surface area contributed by atoms with Gasteiger partial charge in [0.15, 0.2) is 0 Å². The summed E-state index contributed by atoms with van der Waals surface area (Å²) in [5.74, 6) is 0.753. The molecule has 1 N–H and O–H groups in total.